The number of Topliss-reactive ketones (excluding diaryl/α,β-unsaturated/α-hetero) is 1. The average Bonchev–Trinajstić information content (AvgIpc) is 2.87. The highest BCUT2D eigenvalue weighted by atomic mass is 16.3. The van der Waals surface area contributed by atoms with E-state index in [1.807, 2.05) is 56.3 Å². The van der Waals surface area contributed by atoms with Gasteiger partial charge in [-0.3, -0.25) is 9.59 Å². The van der Waals surface area contributed by atoms with Gasteiger partial charge in [0.2, 0.25) is 5.91 Å². The molecule has 0 unspecified atom stereocenters. The molecule has 0 aliphatic rings. The highest BCUT2D eigenvalue weighted by Crippen LogP contribution is 2.28. The molecule has 122 valence electrons. The van der Waals surface area contributed by atoms with Gasteiger partial charge in [-0.2, -0.15) is 0 Å². The number of aryl methyl sites for hydroxylation is 2. The summed E-state index contributed by atoms with van der Waals surface area (Å²) in [7, 11) is 0. The van der Waals surface area contributed by atoms with E-state index in [-0.39, 0.29) is 23.9 Å². The summed E-state index contributed by atoms with van der Waals surface area (Å²) in [6.45, 7) is 5.40. The number of amides is 1. The lowest BCUT2D eigenvalue weighted by molar-refractivity contribution is -0.115. The molecule has 2 aromatic carbocycles. The third-order valence-electron chi connectivity index (χ3n) is 3.94. The van der Waals surface area contributed by atoms with Crippen molar-refractivity contribution in [3.8, 4) is 0 Å². The van der Waals surface area contributed by atoms with Gasteiger partial charge < -0.3 is 9.73 Å². The number of carbonyl (C=O) groups is 2. The van der Waals surface area contributed by atoms with Crippen LogP contribution >= 0.6 is 0 Å². The number of anilines is 1. The van der Waals surface area contributed by atoms with E-state index in [1.54, 1.807) is 0 Å². The van der Waals surface area contributed by atoms with Crippen molar-refractivity contribution in [3.63, 3.8) is 0 Å². The first-order chi connectivity index (χ1) is 11.4. The van der Waals surface area contributed by atoms with E-state index in [9.17, 15) is 9.59 Å². The van der Waals surface area contributed by atoms with Gasteiger partial charge >= 0.3 is 0 Å². The van der Waals surface area contributed by atoms with Crippen LogP contribution < -0.4 is 5.32 Å². The fourth-order valence-electron chi connectivity index (χ4n) is 2.72. The molecule has 0 atom stereocenters. The first-order valence-electron chi connectivity index (χ1n) is 7.83. The maximum absolute atomic E-state index is 12.4. The summed E-state index contributed by atoms with van der Waals surface area (Å²) < 4.78 is 5.68. The molecule has 0 bridgehead atoms. The molecular weight excluding hydrogens is 302 g/mol. The van der Waals surface area contributed by atoms with Crippen molar-refractivity contribution in [2.24, 2.45) is 0 Å². The number of hydrogen-bond acceptors (Lipinski definition) is 3. The molecule has 0 saturated heterocycles. The van der Waals surface area contributed by atoms with Gasteiger partial charge in [0, 0.05) is 23.6 Å². The van der Waals surface area contributed by atoms with E-state index in [1.165, 1.54) is 6.92 Å². The molecule has 0 radical (unpaired) electrons. The standard InChI is InChI=1S/C20H19NO3/c1-12-4-7-15(8-5-12)21-19(23)11-17-16-9-6-13(2)10-18(16)24-20(17)14(3)22/h4-10H,11H2,1-3H3,(H,21,23). The van der Waals surface area contributed by atoms with Gasteiger partial charge in [-0.15, -0.1) is 0 Å². The molecule has 0 aliphatic heterocycles. The largest absolute Gasteiger partial charge is 0.453 e. The first kappa shape index (κ1) is 16.0. The molecular formula is C20H19NO3. The van der Waals surface area contributed by atoms with Crippen molar-refractivity contribution >= 4 is 28.3 Å². The van der Waals surface area contributed by atoms with Crippen molar-refractivity contribution in [1.29, 1.82) is 0 Å². The lowest BCUT2D eigenvalue weighted by Crippen LogP contribution is -2.15. The molecule has 0 aliphatic carbocycles. The zero-order valence-electron chi connectivity index (χ0n) is 14.0. The van der Waals surface area contributed by atoms with Gasteiger partial charge in [-0.25, -0.2) is 0 Å². The predicted molar refractivity (Wildman–Crippen MR) is 94.5 cm³/mol. The normalized spacial score (nSPS) is 10.8. The SMILES string of the molecule is CC(=O)c1oc2cc(C)ccc2c1CC(=O)Nc1ccc(C)cc1. The van der Waals surface area contributed by atoms with Crippen molar-refractivity contribution in [2.75, 3.05) is 5.32 Å². The Labute approximate surface area is 140 Å². The monoisotopic (exact) mass is 321 g/mol. The Morgan fingerprint density at radius 2 is 1.67 bits per heavy atom. The van der Waals surface area contributed by atoms with Crippen LogP contribution in [0.2, 0.25) is 0 Å². The molecule has 1 amide bonds. The van der Waals surface area contributed by atoms with Gasteiger partial charge in [0.25, 0.3) is 0 Å². The Morgan fingerprint density at radius 3 is 2.33 bits per heavy atom. The van der Waals surface area contributed by atoms with Crippen LogP contribution in [0, 0.1) is 13.8 Å². The highest BCUT2D eigenvalue weighted by Gasteiger charge is 2.20. The second-order valence-corrected chi connectivity index (χ2v) is 6.06. The van der Waals surface area contributed by atoms with Gasteiger partial charge in [0.15, 0.2) is 11.5 Å². The number of carbonyl (C=O) groups excluding carboxylic acids is 2. The molecule has 4 nitrogen and oxygen atoms in total. The molecule has 3 aromatic rings. The third kappa shape index (κ3) is 3.23. The summed E-state index contributed by atoms with van der Waals surface area (Å²) in [6, 6.07) is 13.3. The van der Waals surface area contributed by atoms with Crippen LogP contribution in [-0.2, 0) is 11.2 Å². The van der Waals surface area contributed by atoms with E-state index in [4.69, 9.17) is 4.42 Å². The van der Waals surface area contributed by atoms with Crippen molar-refractivity contribution < 1.29 is 14.0 Å². The summed E-state index contributed by atoms with van der Waals surface area (Å²) in [6.07, 6.45) is 0.0961. The van der Waals surface area contributed by atoms with Gasteiger partial charge in [-0.1, -0.05) is 29.8 Å². The molecule has 1 N–H and O–H groups in total. The lowest BCUT2D eigenvalue weighted by Gasteiger charge is -2.06. The molecule has 1 heterocycles. The van der Waals surface area contributed by atoms with Gasteiger partial charge in [0.1, 0.15) is 5.58 Å². The minimum absolute atomic E-state index is 0.0961. The van der Waals surface area contributed by atoms with Crippen LogP contribution in [-0.4, -0.2) is 11.7 Å². The number of benzene rings is 2. The molecule has 0 saturated carbocycles. The van der Waals surface area contributed by atoms with Crippen LogP contribution in [0.3, 0.4) is 0 Å². The number of furan rings is 1. The zero-order valence-corrected chi connectivity index (χ0v) is 14.0. The molecule has 1 aromatic heterocycles. The molecule has 0 fully saturated rings. The second-order valence-electron chi connectivity index (χ2n) is 6.06. The van der Waals surface area contributed by atoms with Crippen LogP contribution in [0.15, 0.2) is 46.9 Å². The smallest absolute Gasteiger partial charge is 0.228 e. The molecule has 4 heteroatoms. The van der Waals surface area contributed by atoms with E-state index >= 15 is 0 Å². The van der Waals surface area contributed by atoms with E-state index in [0.29, 0.717) is 11.1 Å². The van der Waals surface area contributed by atoms with E-state index < -0.39 is 0 Å². The summed E-state index contributed by atoms with van der Waals surface area (Å²) in [4.78, 5) is 24.3. The van der Waals surface area contributed by atoms with Crippen LogP contribution in [0.4, 0.5) is 5.69 Å². The molecule has 24 heavy (non-hydrogen) atoms. The molecule has 0 spiro atoms. The molecule has 3 rings (SSSR count). The minimum atomic E-state index is -0.179. The van der Waals surface area contributed by atoms with Gasteiger partial charge in [-0.05, 0) is 37.6 Å². The van der Waals surface area contributed by atoms with Gasteiger partial charge in [0.05, 0.1) is 6.42 Å². The minimum Gasteiger partial charge on any atom is -0.453 e. The maximum atomic E-state index is 12.4. The topological polar surface area (TPSA) is 59.3 Å². The highest BCUT2D eigenvalue weighted by molar-refractivity contribution is 6.03. The van der Waals surface area contributed by atoms with Crippen molar-refractivity contribution in [3.05, 3.63) is 64.9 Å². The zero-order chi connectivity index (χ0) is 17.3. The Balaban J connectivity index is 1.90. The Bertz CT molecular complexity index is 920. The Hall–Kier alpha value is -2.88. The first-order valence-corrected chi connectivity index (χ1v) is 7.83. The Kier molecular flexibility index (Phi) is 4.21. The third-order valence-corrected chi connectivity index (χ3v) is 3.94. The van der Waals surface area contributed by atoms with E-state index in [0.717, 1.165) is 22.2 Å². The maximum Gasteiger partial charge on any atom is 0.228 e. The summed E-state index contributed by atoms with van der Waals surface area (Å²) in [5.74, 6) is -0.0960. The Morgan fingerprint density at radius 1 is 1.00 bits per heavy atom. The fraction of sp³-hybridized carbons (Fsp3) is 0.200. The van der Waals surface area contributed by atoms with Crippen LogP contribution in [0.5, 0.6) is 0 Å². The summed E-state index contributed by atoms with van der Waals surface area (Å²) >= 11 is 0. The number of hydrogen-bond donors (Lipinski definition) is 1. The summed E-state index contributed by atoms with van der Waals surface area (Å²) in [5.41, 5.74) is 4.18. The van der Waals surface area contributed by atoms with E-state index in [2.05, 4.69) is 5.32 Å². The number of rotatable bonds is 4. The van der Waals surface area contributed by atoms with Crippen molar-refractivity contribution in [1.82, 2.24) is 0 Å². The number of ketones is 1. The second kappa shape index (κ2) is 6.32. The number of fused-ring (bicyclic) bond motifs is 1. The fourth-order valence-corrected chi connectivity index (χ4v) is 2.72. The predicted octanol–water partition coefficient (Wildman–Crippen LogP) is 4.43. The average molecular weight is 321 g/mol. The number of nitrogens with one attached hydrogen (secondary N) is 1. The van der Waals surface area contributed by atoms with Crippen molar-refractivity contribution in [2.45, 2.75) is 27.2 Å². The lowest BCUT2D eigenvalue weighted by atomic mass is 10.0. The van der Waals surface area contributed by atoms with Crippen LogP contribution in [0.25, 0.3) is 11.0 Å². The van der Waals surface area contributed by atoms with Crippen LogP contribution in [0.1, 0.15) is 34.2 Å². The quantitative estimate of drug-likeness (QED) is 0.723. The summed E-state index contributed by atoms with van der Waals surface area (Å²) in [5, 5.41) is 3.67.